The van der Waals surface area contributed by atoms with Crippen molar-refractivity contribution in [3.05, 3.63) is 22.2 Å². The van der Waals surface area contributed by atoms with Gasteiger partial charge in [-0.3, -0.25) is 0 Å². The Morgan fingerprint density at radius 1 is 1.40 bits per heavy atom. The molecule has 0 aromatic heterocycles. The van der Waals surface area contributed by atoms with E-state index in [0.29, 0.717) is 0 Å². The molecule has 0 aliphatic heterocycles. The molecule has 80 valence electrons. The summed E-state index contributed by atoms with van der Waals surface area (Å²) < 4.78 is 39.6. The summed E-state index contributed by atoms with van der Waals surface area (Å²) in [5.41, 5.74) is 4.91. The van der Waals surface area contributed by atoms with Gasteiger partial charge in [0.05, 0.1) is 10.2 Å². The van der Waals surface area contributed by atoms with Gasteiger partial charge in [0.1, 0.15) is 11.6 Å². The molecule has 0 saturated carbocycles. The zero-order valence-electron chi connectivity index (χ0n) is 7.10. The number of rotatable bonds is 1. The number of nitrogens with two attached hydrogens (primary N) is 1. The highest BCUT2D eigenvalue weighted by atomic mass is 79.9. The Balaban J connectivity index is 3.28. The van der Waals surface area contributed by atoms with E-state index in [1.807, 2.05) is 0 Å². The van der Waals surface area contributed by atoms with Gasteiger partial charge in [-0.25, -0.2) is 0 Å². The minimum Gasteiger partial charge on any atom is -0.403 e. The van der Waals surface area contributed by atoms with Crippen molar-refractivity contribution in [3.8, 4) is 11.8 Å². The lowest BCUT2D eigenvalue weighted by molar-refractivity contribution is -0.275. The Morgan fingerprint density at radius 2 is 2.00 bits per heavy atom. The van der Waals surface area contributed by atoms with Crippen LogP contribution in [0.3, 0.4) is 0 Å². The molecular formula is C8H4BrF3N2O. The quantitative estimate of drug-likeness (QED) is 0.805. The summed E-state index contributed by atoms with van der Waals surface area (Å²) in [6.45, 7) is 0. The summed E-state index contributed by atoms with van der Waals surface area (Å²) in [5.74, 6) is -0.620. The van der Waals surface area contributed by atoms with E-state index in [4.69, 9.17) is 11.0 Å². The van der Waals surface area contributed by atoms with Crippen molar-refractivity contribution in [2.45, 2.75) is 6.36 Å². The summed E-state index contributed by atoms with van der Waals surface area (Å²) in [5, 5.41) is 8.62. The maximum absolute atomic E-state index is 12.0. The number of nitrogens with zero attached hydrogens (tertiary/aromatic N) is 1. The van der Waals surface area contributed by atoms with E-state index in [1.165, 1.54) is 12.1 Å². The Bertz CT molecular complexity index is 425. The Morgan fingerprint density at radius 3 is 2.47 bits per heavy atom. The van der Waals surface area contributed by atoms with E-state index in [2.05, 4.69) is 20.7 Å². The van der Waals surface area contributed by atoms with Crippen LogP contribution in [0.1, 0.15) is 5.56 Å². The third-order valence-corrected chi connectivity index (χ3v) is 2.10. The first-order valence-corrected chi connectivity index (χ1v) is 4.38. The first-order valence-electron chi connectivity index (χ1n) is 3.59. The number of nitriles is 1. The zero-order valence-corrected chi connectivity index (χ0v) is 8.69. The molecule has 7 heteroatoms. The van der Waals surface area contributed by atoms with Crippen molar-refractivity contribution in [2.75, 3.05) is 5.73 Å². The predicted octanol–water partition coefficient (Wildman–Crippen LogP) is 2.80. The highest BCUT2D eigenvalue weighted by molar-refractivity contribution is 9.10. The number of hydrogen-bond acceptors (Lipinski definition) is 3. The van der Waals surface area contributed by atoms with Gasteiger partial charge in [-0.05, 0) is 28.1 Å². The lowest BCUT2D eigenvalue weighted by atomic mass is 10.2. The van der Waals surface area contributed by atoms with Crippen molar-refractivity contribution in [2.24, 2.45) is 0 Å². The number of benzene rings is 1. The average molecular weight is 281 g/mol. The van der Waals surface area contributed by atoms with Crippen LogP contribution in [0, 0.1) is 11.3 Å². The van der Waals surface area contributed by atoms with Crippen molar-refractivity contribution in [3.63, 3.8) is 0 Å². The molecule has 0 spiro atoms. The number of halogens is 4. The molecule has 3 nitrogen and oxygen atoms in total. The number of nitrogen functional groups attached to an aromatic ring is 1. The van der Waals surface area contributed by atoms with Crippen molar-refractivity contribution in [1.82, 2.24) is 0 Å². The fourth-order valence-electron chi connectivity index (χ4n) is 0.903. The lowest BCUT2D eigenvalue weighted by Gasteiger charge is -2.12. The molecule has 15 heavy (non-hydrogen) atoms. The molecular weight excluding hydrogens is 277 g/mol. The van der Waals surface area contributed by atoms with Gasteiger partial charge < -0.3 is 10.5 Å². The molecule has 1 aromatic carbocycles. The largest absolute Gasteiger partial charge is 0.573 e. The normalized spacial score (nSPS) is 10.9. The van der Waals surface area contributed by atoms with E-state index in [-0.39, 0.29) is 15.7 Å². The summed E-state index contributed by atoms with van der Waals surface area (Å²) >= 11 is 2.84. The molecule has 0 amide bonds. The first-order chi connectivity index (χ1) is 6.85. The standard InChI is InChI=1S/C8H4BrF3N2O/c9-5-1-2-6(14)4(3-13)7(5)15-8(10,11)12/h1-2H,14H2. The highest BCUT2D eigenvalue weighted by Crippen LogP contribution is 2.36. The van der Waals surface area contributed by atoms with Gasteiger partial charge in [0.25, 0.3) is 0 Å². The van der Waals surface area contributed by atoms with Gasteiger partial charge in [0, 0.05) is 0 Å². The molecule has 0 aliphatic carbocycles. The van der Waals surface area contributed by atoms with E-state index in [0.717, 1.165) is 0 Å². The predicted molar refractivity (Wildman–Crippen MR) is 50.0 cm³/mol. The molecule has 0 unspecified atom stereocenters. The van der Waals surface area contributed by atoms with Crippen LogP contribution in [0.15, 0.2) is 16.6 Å². The topological polar surface area (TPSA) is 59.0 Å². The number of anilines is 1. The molecule has 2 N–H and O–H groups in total. The fraction of sp³-hybridized carbons (Fsp3) is 0.125. The monoisotopic (exact) mass is 280 g/mol. The van der Waals surface area contributed by atoms with E-state index in [9.17, 15) is 13.2 Å². The van der Waals surface area contributed by atoms with Gasteiger partial charge in [-0.15, -0.1) is 13.2 Å². The Labute approximate surface area is 91.4 Å². The summed E-state index contributed by atoms with van der Waals surface area (Å²) in [7, 11) is 0. The van der Waals surface area contributed by atoms with Crippen LogP contribution in [0.2, 0.25) is 0 Å². The van der Waals surface area contributed by atoms with Crippen LogP contribution in [0.25, 0.3) is 0 Å². The van der Waals surface area contributed by atoms with E-state index in [1.54, 1.807) is 6.07 Å². The molecule has 1 rings (SSSR count). The molecule has 0 atom stereocenters. The zero-order chi connectivity index (χ0) is 11.6. The van der Waals surface area contributed by atoms with Gasteiger partial charge in [0.2, 0.25) is 0 Å². The second kappa shape index (κ2) is 3.98. The molecule has 0 fully saturated rings. The number of alkyl halides is 3. The second-order valence-corrected chi connectivity index (χ2v) is 3.35. The molecule has 0 radical (unpaired) electrons. The van der Waals surface area contributed by atoms with E-state index >= 15 is 0 Å². The molecule has 0 heterocycles. The fourth-order valence-corrected chi connectivity index (χ4v) is 1.31. The third-order valence-electron chi connectivity index (χ3n) is 1.47. The molecule has 0 aliphatic rings. The third kappa shape index (κ3) is 2.76. The number of ether oxygens (including phenoxy) is 1. The summed E-state index contributed by atoms with van der Waals surface area (Å²) in [6, 6.07) is 4.13. The van der Waals surface area contributed by atoms with Crippen LogP contribution in [-0.2, 0) is 0 Å². The van der Waals surface area contributed by atoms with Gasteiger partial charge >= 0.3 is 6.36 Å². The maximum atomic E-state index is 12.0. The van der Waals surface area contributed by atoms with Crippen LogP contribution in [0.5, 0.6) is 5.75 Å². The van der Waals surface area contributed by atoms with Crippen LogP contribution in [-0.4, -0.2) is 6.36 Å². The number of hydrogen-bond donors (Lipinski definition) is 1. The first kappa shape index (κ1) is 11.7. The van der Waals surface area contributed by atoms with Crippen LogP contribution >= 0.6 is 15.9 Å². The van der Waals surface area contributed by atoms with Crippen molar-refractivity contribution >= 4 is 21.6 Å². The second-order valence-electron chi connectivity index (χ2n) is 2.50. The van der Waals surface area contributed by atoms with Gasteiger partial charge in [-0.2, -0.15) is 5.26 Å². The Hall–Kier alpha value is -1.42. The van der Waals surface area contributed by atoms with Crippen LogP contribution < -0.4 is 10.5 Å². The maximum Gasteiger partial charge on any atom is 0.573 e. The van der Waals surface area contributed by atoms with Gasteiger partial charge in [0.15, 0.2) is 5.75 Å². The van der Waals surface area contributed by atoms with E-state index < -0.39 is 12.1 Å². The van der Waals surface area contributed by atoms with Crippen molar-refractivity contribution < 1.29 is 17.9 Å². The minimum atomic E-state index is -4.86. The minimum absolute atomic E-state index is 0.0191. The summed E-state index contributed by atoms with van der Waals surface area (Å²) in [4.78, 5) is 0. The summed E-state index contributed by atoms with van der Waals surface area (Å²) in [6.07, 6.45) is -4.86. The average Bonchev–Trinajstić information content (AvgIpc) is 2.10. The van der Waals surface area contributed by atoms with Crippen LogP contribution in [0.4, 0.5) is 18.9 Å². The smallest absolute Gasteiger partial charge is 0.403 e. The Kier molecular flexibility index (Phi) is 3.09. The molecule has 0 bridgehead atoms. The SMILES string of the molecule is N#Cc1c(N)ccc(Br)c1OC(F)(F)F. The molecule has 1 aromatic rings. The molecule has 0 saturated heterocycles. The van der Waals surface area contributed by atoms with Gasteiger partial charge in [-0.1, -0.05) is 0 Å². The van der Waals surface area contributed by atoms with Crippen molar-refractivity contribution in [1.29, 1.82) is 5.26 Å². The highest BCUT2D eigenvalue weighted by Gasteiger charge is 2.33. The lowest BCUT2D eigenvalue weighted by Crippen LogP contribution is -2.18.